The van der Waals surface area contributed by atoms with Crippen molar-refractivity contribution in [1.29, 1.82) is 0 Å². The minimum Gasteiger partial charge on any atom is -0.357 e. The van der Waals surface area contributed by atoms with Gasteiger partial charge >= 0.3 is 0 Å². The van der Waals surface area contributed by atoms with E-state index in [2.05, 4.69) is 12.6 Å². The van der Waals surface area contributed by atoms with E-state index in [1.54, 1.807) is 0 Å². The smallest absolute Gasteiger partial charge is 0.210 e. The summed E-state index contributed by atoms with van der Waals surface area (Å²) in [4.78, 5) is 0. The number of thiol groups is 1. The maximum atomic E-state index is 8.44. The summed E-state index contributed by atoms with van der Waals surface area (Å²) >= 11 is 3.45. The first-order valence-electron chi connectivity index (χ1n) is 2.23. The fourth-order valence-corrected chi connectivity index (χ4v) is 0.559. The molecular formula is C4H10O2S. The molecule has 0 rings (SSSR count). The zero-order valence-electron chi connectivity index (χ0n) is 4.26. The summed E-state index contributed by atoms with van der Waals surface area (Å²) in [6.45, 7) is 1.86. The van der Waals surface area contributed by atoms with Crippen LogP contribution in [0.2, 0.25) is 0 Å². The van der Waals surface area contributed by atoms with Gasteiger partial charge in [-0.1, -0.05) is 13.3 Å². The molecule has 0 aliphatic heterocycles. The first-order valence-corrected chi connectivity index (χ1v) is 2.68. The van der Waals surface area contributed by atoms with Crippen molar-refractivity contribution in [3.8, 4) is 0 Å². The van der Waals surface area contributed by atoms with Gasteiger partial charge in [-0.15, -0.1) is 12.6 Å². The lowest BCUT2D eigenvalue weighted by Gasteiger charge is -2.11. The van der Waals surface area contributed by atoms with Crippen LogP contribution in [0.15, 0.2) is 0 Å². The van der Waals surface area contributed by atoms with Crippen molar-refractivity contribution in [2.24, 2.45) is 0 Å². The van der Waals surface area contributed by atoms with Gasteiger partial charge in [0.1, 0.15) is 0 Å². The Labute approximate surface area is 48.6 Å². The van der Waals surface area contributed by atoms with E-state index in [1.807, 2.05) is 6.92 Å². The largest absolute Gasteiger partial charge is 0.357 e. The molecule has 2 nitrogen and oxygen atoms in total. The molecule has 0 fully saturated rings. The standard InChI is InChI=1S/C4H10O2S/c1-2-3-4(5,6)7/h5-7H,2-3H2,1H3. The van der Waals surface area contributed by atoms with Crippen molar-refractivity contribution >= 4 is 12.6 Å². The molecule has 0 bridgehead atoms. The Morgan fingerprint density at radius 3 is 2.00 bits per heavy atom. The maximum Gasteiger partial charge on any atom is 0.210 e. The fraction of sp³-hybridized carbons (Fsp3) is 1.00. The Morgan fingerprint density at radius 2 is 2.00 bits per heavy atom. The highest BCUT2D eigenvalue weighted by Gasteiger charge is 2.12. The van der Waals surface area contributed by atoms with Crippen LogP contribution in [0, 0.1) is 0 Å². The van der Waals surface area contributed by atoms with Gasteiger partial charge in [0.25, 0.3) is 0 Å². The van der Waals surface area contributed by atoms with Gasteiger partial charge in [-0.2, -0.15) is 0 Å². The molecular weight excluding hydrogens is 112 g/mol. The summed E-state index contributed by atoms with van der Waals surface area (Å²) in [5, 5.41) is 15.1. The third kappa shape index (κ3) is 6.27. The van der Waals surface area contributed by atoms with E-state index in [1.165, 1.54) is 0 Å². The molecule has 0 spiro atoms. The molecule has 44 valence electrons. The number of aliphatic hydroxyl groups is 2. The lowest BCUT2D eigenvalue weighted by atomic mass is 10.3. The van der Waals surface area contributed by atoms with Gasteiger partial charge in [-0.3, -0.25) is 0 Å². The van der Waals surface area contributed by atoms with Gasteiger partial charge in [-0.05, 0) is 0 Å². The van der Waals surface area contributed by atoms with Crippen LogP contribution >= 0.6 is 12.6 Å². The molecule has 0 atom stereocenters. The topological polar surface area (TPSA) is 40.5 Å². The van der Waals surface area contributed by atoms with E-state index in [9.17, 15) is 0 Å². The summed E-state index contributed by atoms with van der Waals surface area (Å²) < 4.78 is 0. The summed E-state index contributed by atoms with van der Waals surface area (Å²) in [6, 6.07) is 0. The van der Waals surface area contributed by atoms with E-state index in [-0.39, 0.29) is 0 Å². The molecule has 0 aromatic heterocycles. The van der Waals surface area contributed by atoms with Crippen molar-refractivity contribution in [2.45, 2.75) is 24.9 Å². The van der Waals surface area contributed by atoms with E-state index < -0.39 is 5.12 Å². The molecule has 0 aliphatic carbocycles. The van der Waals surface area contributed by atoms with Crippen LogP contribution in [0.4, 0.5) is 0 Å². The summed E-state index contributed by atoms with van der Waals surface area (Å²) in [6.07, 6.45) is 1.05. The van der Waals surface area contributed by atoms with Crippen LogP contribution in [0.1, 0.15) is 19.8 Å². The van der Waals surface area contributed by atoms with Gasteiger partial charge in [0.05, 0.1) is 0 Å². The minimum atomic E-state index is -1.76. The van der Waals surface area contributed by atoms with Crippen LogP contribution in [0.3, 0.4) is 0 Å². The van der Waals surface area contributed by atoms with Gasteiger partial charge < -0.3 is 10.2 Å². The van der Waals surface area contributed by atoms with E-state index in [0.29, 0.717) is 6.42 Å². The number of rotatable bonds is 2. The molecule has 7 heavy (non-hydrogen) atoms. The van der Waals surface area contributed by atoms with Crippen molar-refractivity contribution in [2.75, 3.05) is 0 Å². The molecule has 0 radical (unpaired) electrons. The van der Waals surface area contributed by atoms with E-state index >= 15 is 0 Å². The average molecular weight is 122 g/mol. The maximum absolute atomic E-state index is 8.44. The number of hydrogen-bond acceptors (Lipinski definition) is 3. The Morgan fingerprint density at radius 1 is 1.57 bits per heavy atom. The molecule has 0 heterocycles. The highest BCUT2D eigenvalue weighted by atomic mass is 32.1. The monoisotopic (exact) mass is 122 g/mol. The minimum absolute atomic E-state index is 0.316. The second-order valence-electron chi connectivity index (χ2n) is 1.52. The predicted octanol–water partition coefficient (Wildman–Crippen LogP) is 0.355. The first kappa shape index (κ1) is 7.27. The van der Waals surface area contributed by atoms with Gasteiger partial charge in [0.2, 0.25) is 5.12 Å². The molecule has 0 aromatic rings. The second-order valence-corrected chi connectivity index (χ2v) is 2.24. The van der Waals surface area contributed by atoms with Crippen molar-refractivity contribution < 1.29 is 10.2 Å². The van der Waals surface area contributed by atoms with Gasteiger partial charge in [-0.25, -0.2) is 0 Å². The van der Waals surface area contributed by atoms with E-state index in [0.717, 1.165) is 6.42 Å². The highest BCUT2D eigenvalue weighted by molar-refractivity contribution is 7.81. The number of hydrogen-bond donors (Lipinski definition) is 3. The van der Waals surface area contributed by atoms with E-state index in [4.69, 9.17) is 10.2 Å². The molecule has 0 unspecified atom stereocenters. The Kier molecular flexibility index (Phi) is 2.64. The van der Waals surface area contributed by atoms with Crippen LogP contribution < -0.4 is 0 Å². The highest BCUT2D eigenvalue weighted by Crippen LogP contribution is 2.11. The lowest BCUT2D eigenvalue weighted by molar-refractivity contribution is -0.0793. The summed E-state index contributed by atoms with van der Waals surface area (Å²) in [5.74, 6) is 0. The molecule has 0 saturated heterocycles. The average Bonchev–Trinajstić information content (AvgIpc) is 1.30. The van der Waals surface area contributed by atoms with Crippen molar-refractivity contribution in [1.82, 2.24) is 0 Å². The summed E-state index contributed by atoms with van der Waals surface area (Å²) in [5.41, 5.74) is 0. The van der Waals surface area contributed by atoms with Crippen molar-refractivity contribution in [3.05, 3.63) is 0 Å². The normalized spacial score (nSPS) is 12.0. The Balaban J connectivity index is 3.15. The third-order valence-corrected chi connectivity index (χ3v) is 0.809. The Hall–Kier alpha value is 0.270. The SMILES string of the molecule is CCCC(O)(O)S. The summed E-state index contributed by atoms with van der Waals surface area (Å²) in [7, 11) is 0. The quantitative estimate of drug-likeness (QED) is 0.365. The fourth-order valence-electron chi connectivity index (χ4n) is 0.335. The lowest BCUT2D eigenvalue weighted by Crippen LogP contribution is -2.18. The first-order chi connectivity index (χ1) is 3.06. The van der Waals surface area contributed by atoms with Crippen molar-refractivity contribution in [3.63, 3.8) is 0 Å². The molecule has 2 N–H and O–H groups in total. The predicted molar refractivity (Wildman–Crippen MR) is 31.1 cm³/mol. The molecule has 0 saturated carbocycles. The zero-order valence-corrected chi connectivity index (χ0v) is 5.15. The van der Waals surface area contributed by atoms with Crippen LogP contribution in [0.5, 0.6) is 0 Å². The second kappa shape index (κ2) is 2.55. The van der Waals surface area contributed by atoms with Crippen LogP contribution in [-0.4, -0.2) is 15.3 Å². The molecule has 0 aromatic carbocycles. The Bertz CT molecular complexity index is 48.1. The molecule has 3 heteroatoms. The van der Waals surface area contributed by atoms with Crippen LogP contribution in [-0.2, 0) is 0 Å². The van der Waals surface area contributed by atoms with Gasteiger partial charge in [0.15, 0.2) is 0 Å². The third-order valence-electron chi connectivity index (χ3n) is 0.585. The van der Waals surface area contributed by atoms with Crippen LogP contribution in [0.25, 0.3) is 0 Å². The van der Waals surface area contributed by atoms with Gasteiger partial charge in [0, 0.05) is 6.42 Å². The zero-order chi connectivity index (χ0) is 5.91. The molecule has 0 amide bonds. The molecule has 0 aliphatic rings.